The maximum absolute atomic E-state index is 12.0. The van der Waals surface area contributed by atoms with Gasteiger partial charge in [0.15, 0.2) is 4.80 Å². The van der Waals surface area contributed by atoms with Gasteiger partial charge in [-0.1, -0.05) is 25.2 Å². The van der Waals surface area contributed by atoms with E-state index in [1.54, 1.807) is 14.2 Å². The average Bonchev–Trinajstić information content (AvgIpc) is 2.80. The van der Waals surface area contributed by atoms with Crippen molar-refractivity contribution in [1.82, 2.24) is 4.57 Å². The quantitative estimate of drug-likeness (QED) is 0.822. The van der Waals surface area contributed by atoms with Gasteiger partial charge in [0, 0.05) is 20.1 Å². The van der Waals surface area contributed by atoms with Crippen molar-refractivity contribution in [3.05, 3.63) is 23.0 Å². The number of carbonyl (C=O) groups excluding carboxylic acids is 1. The van der Waals surface area contributed by atoms with E-state index in [9.17, 15) is 4.79 Å². The fraction of sp³-hybridized carbons (Fsp3) is 0.500. The van der Waals surface area contributed by atoms with E-state index in [0.29, 0.717) is 30.3 Å². The standard InChI is InChI=1S/C16H22N2O3S/c1-11(2)9-15(19)17-16-18(7-8-20-3)13-6-5-12(21-4)10-14(13)22-16/h5-6,10-11H,7-9H2,1-4H3. The van der Waals surface area contributed by atoms with Crippen LogP contribution in [-0.2, 0) is 16.1 Å². The van der Waals surface area contributed by atoms with E-state index < -0.39 is 0 Å². The van der Waals surface area contributed by atoms with Crippen molar-refractivity contribution in [2.75, 3.05) is 20.8 Å². The fourth-order valence-corrected chi connectivity index (χ4v) is 3.27. The number of thiazole rings is 1. The molecule has 0 unspecified atom stereocenters. The molecule has 0 aliphatic heterocycles. The van der Waals surface area contributed by atoms with Crippen LogP contribution in [0.2, 0.25) is 0 Å². The van der Waals surface area contributed by atoms with Gasteiger partial charge in [0.05, 0.1) is 23.9 Å². The van der Waals surface area contributed by atoms with Crippen molar-refractivity contribution in [2.24, 2.45) is 10.9 Å². The molecule has 0 saturated carbocycles. The first-order chi connectivity index (χ1) is 10.5. The molecule has 2 rings (SSSR count). The van der Waals surface area contributed by atoms with Crippen molar-refractivity contribution >= 4 is 27.5 Å². The van der Waals surface area contributed by atoms with Gasteiger partial charge in [0.2, 0.25) is 5.91 Å². The zero-order chi connectivity index (χ0) is 16.1. The summed E-state index contributed by atoms with van der Waals surface area (Å²) in [4.78, 5) is 17.0. The third kappa shape index (κ3) is 3.96. The Balaban J connectivity index is 2.50. The molecule has 22 heavy (non-hydrogen) atoms. The Morgan fingerprint density at radius 1 is 1.36 bits per heavy atom. The highest BCUT2D eigenvalue weighted by atomic mass is 32.1. The third-order valence-electron chi connectivity index (χ3n) is 3.21. The number of methoxy groups -OCH3 is 2. The van der Waals surface area contributed by atoms with Crippen molar-refractivity contribution in [3.63, 3.8) is 0 Å². The van der Waals surface area contributed by atoms with Crippen molar-refractivity contribution in [1.29, 1.82) is 0 Å². The Kier molecular flexibility index (Phi) is 5.74. The lowest BCUT2D eigenvalue weighted by Crippen LogP contribution is -2.19. The molecule has 6 heteroatoms. The van der Waals surface area contributed by atoms with Gasteiger partial charge in [0.1, 0.15) is 5.75 Å². The zero-order valence-electron chi connectivity index (χ0n) is 13.5. The lowest BCUT2D eigenvalue weighted by atomic mass is 10.1. The number of benzene rings is 1. The smallest absolute Gasteiger partial charge is 0.248 e. The molecule has 0 atom stereocenters. The molecule has 1 amide bonds. The molecule has 0 radical (unpaired) electrons. The van der Waals surface area contributed by atoms with Crippen LogP contribution in [0.1, 0.15) is 20.3 Å². The van der Waals surface area contributed by atoms with Gasteiger partial charge in [-0.3, -0.25) is 4.79 Å². The van der Waals surface area contributed by atoms with E-state index >= 15 is 0 Å². The summed E-state index contributed by atoms with van der Waals surface area (Å²) in [6, 6.07) is 5.87. The molecule has 0 bridgehead atoms. The van der Waals surface area contributed by atoms with E-state index in [1.807, 2.05) is 36.6 Å². The number of hydrogen-bond donors (Lipinski definition) is 0. The number of carbonyl (C=O) groups is 1. The minimum atomic E-state index is -0.0836. The summed E-state index contributed by atoms with van der Waals surface area (Å²) in [6.07, 6.45) is 0.460. The Bertz CT molecular complexity index is 716. The van der Waals surface area contributed by atoms with E-state index in [0.717, 1.165) is 16.0 Å². The van der Waals surface area contributed by atoms with Crippen LogP contribution in [0.4, 0.5) is 0 Å². The number of fused-ring (bicyclic) bond motifs is 1. The third-order valence-corrected chi connectivity index (χ3v) is 4.25. The Hall–Kier alpha value is -1.66. The van der Waals surface area contributed by atoms with Gasteiger partial charge >= 0.3 is 0 Å². The van der Waals surface area contributed by atoms with Crippen LogP contribution in [0.3, 0.4) is 0 Å². The van der Waals surface area contributed by atoms with E-state index in [4.69, 9.17) is 9.47 Å². The molecule has 1 aromatic heterocycles. The lowest BCUT2D eigenvalue weighted by Gasteiger charge is -2.05. The molecular formula is C16H22N2O3S. The van der Waals surface area contributed by atoms with Gasteiger partial charge in [-0.05, 0) is 24.1 Å². The monoisotopic (exact) mass is 322 g/mol. The molecule has 0 saturated heterocycles. The van der Waals surface area contributed by atoms with Crippen LogP contribution in [0, 0.1) is 5.92 Å². The maximum atomic E-state index is 12.0. The first-order valence-electron chi connectivity index (χ1n) is 7.29. The second kappa shape index (κ2) is 7.56. The second-order valence-corrected chi connectivity index (χ2v) is 6.48. The number of hydrogen-bond acceptors (Lipinski definition) is 4. The molecular weight excluding hydrogens is 300 g/mol. The lowest BCUT2D eigenvalue weighted by molar-refractivity contribution is -0.118. The second-order valence-electron chi connectivity index (χ2n) is 5.47. The highest BCUT2D eigenvalue weighted by Gasteiger charge is 2.10. The molecule has 0 aliphatic carbocycles. The SMILES string of the molecule is COCCn1c(=NC(=O)CC(C)C)sc2cc(OC)ccc21. The summed E-state index contributed by atoms with van der Waals surface area (Å²) in [6.45, 7) is 5.27. The number of aromatic nitrogens is 1. The fourth-order valence-electron chi connectivity index (χ4n) is 2.17. The topological polar surface area (TPSA) is 52.8 Å². The van der Waals surface area contributed by atoms with Crippen molar-refractivity contribution in [3.8, 4) is 5.75 Å². The summed E-state index contributed by atoms with van der Waals surface area (Å²) >= 11 is 1.50. The normalized spacial score (nSPS) is 12.3. The van der Waals surface area contributed by atoms with Crippen LogP contribution < -0.4 is 9.54 Å². The minimum Gasteiger partial charge on any atom is -0.497 e. The van der Waals surface area contributed by atoms with Gasteiger partial charge in [0.25, 0.3) is 0 Å². The molecule has 0 fully saturated rings. The first kappa shape index (κ1) is 16.7. The van der Waals surface area contributed by atoms with Gasteiger partial charge in [-0.15, -0.1) is 0 Å². The summed E-state index contributed by atoms with van der Waals surface area (Å²) in [7, 11) is 3.31. The molecule has 0 spiro atoms. The molecule has 5 nitrogen and oxygen atoms in total. The highest BCUT2D eigenvalue weighted by Crippen LogP contribution is 2.23. The van der Waals surface area contributed by atoms with Crippen LogP contribution in [0.25, 0.3) is 10.2 Å². The maximum Gasteiger partial charge on any atom is 0.248 e. The van der Waals surface area contributed by atoms with E-state index in [2.05, 4.69) is 4.99 Å². The van der Waals surface area contributed by atoms with Crippen molar-refractivity contribution in [2.45, 2.75) is 26.8 Å². The Labute approximate surface area is 134 Å². The summed E-state index contributed by atoms with van der Waals surface area (Å²) in [5.74, 6) is 1.02. The molecule has 1 heterocycles. The summed E-state index contributed by atoms with van der Waals surface area (Å²) in [5.41, 5.74) is 1.04. The van der Waals surface area contributed by atoms with Crippen LogP contribution >= 0.6 is 11.3 Å². The Morgan fingerprint density at radius 2 is 2.14 bits per heavy atom. The number of nitrogens with zero attached hydrogens (tertiary/aromatic N) is 2. The number of rotatable bonds is 6. The predicted molar refractivity (Wildman–Crippen MR) is 88.3 cm³/mol. The van der Waals surface area contributed by atoms with Crippen LogP contribution in [-0.4, -0.2) is 31.3 Å². The highest BCUT2D eigenvalue weighted by molar-refractivity contribution is 7.16. The summed E-state index contributed by atoms with van der Waals surface area (Å²) in [5, 5.41) is 0. The average molecular weight is 322 g/mol. The number of amides is 1. The van der Waals surface area contributed by atoms with Gasteiger partial charge < -0.3 is 14.0 Å². The Morgan fingerprint density at radius 3 is 2.77 bits per heavy atom. The summed E-state index contributed by atoms with van der Waals surface area (Å²) < 4.78 is 13.5. The number of ether oxygens (including phenoxy) is 2. The van der Waals surface area contributed by atoms with Crippen LogP contribution in [0.5, 0.6) is 5.75 Å². The van der Waals surface area contributed by atoms with Crippen LogP contribution in [0.15, 0.2) is 23.2 Å². The molecule has 2 aromatic rings. The zero-order valence-corrected chi connectivity index (χ0v) is 14.3. The van der Waals surface area contributed by atoms with E-state index in [-0.39, 0.29) is 5.91 Å². The van der Waals surface area contributed by atoms with Gasteiger partial charge in [-0.2, -0.15) is 4.99 Å². The van der Waals surface area contributed by atoms with Gasteiger partial charge in [-0.25, -0.2) is 0 Å². The molecule has 120 valence electrons. The molecule has 0 N–H and O–H groups in total. The predicted octanol–water partition coefficient (Wildman–Crippen LogP) is 2.83. The van der Waals surface area contributed by atoms with E-state index in [1.165, 1.54) is 11.3 Å². The first-order valence-corrected chi connectivity index (χ1v) is 8.10. The van der Waals surface area contributed by atoms with Crippen molar-refractivity contribution < 1.29 is 14.3 Å². The minimum absolute atomic E-state index is 0.0836. The molecule has 0 aliphatic rings. The largest absolute Gasteiger partial charge is 0.497 e. The molecule has 1 aromatic carbocycles.